The second-order valence-corrected chi connectivity index (χ2v) is 11.1. The van der Waals surface area contributed by atoms with Gasteiger partial charge in [-0.15, -0.1) is 0 Å². The van der Waals surface area contributed by atoms with Crippen molar-refractivity contribution in [1.29, 1.82) is 0 Å². The summed E-state index contributed by atoms with van der Waals surface area (Å²) in [7, 11) is 1.73. The molecule has 0 aromatic heterocycles. The molecule has 3 aromatic rings. The molecule has 0 radical (unpaired) electrons. The van der Waals surface area contributed by atoms with Gasteiger partial charge in [-0.2, -0.15) is 0 Å². The number of ketones is 1. The lowest BCUT2D eigenvalue weighted by Gasteiger charge is -2.37. The number of aliphatic imine (C=N–C) groups is 1. The maximum Gasteiger partial charge on any atom is 0.172 e. The summed E-state index contributed by atoms with van der Waals surface area (Å²) in [6.07, 6.45) is 2.07. The van der Waals surface area contributed by atoms with Crippen molar-refractivity contribution in [2.24, 2.45) is 10.9 Å². The Morgan fingerprint density at radius 1 is 1.03 bits per heavy atom. The van der Waals surface area contributed by atoms with Crippen molar-refractivity contribution in [3.05, 3.63) is 113 Å². The smallest absolute Gasteiger partial charge is 0.172 e. The molecule has 39 heavy (non-hydrogen) atoms. The molecule has 6 rings (SSSR count). The fourth-order valence-electron chi connectivity index (χ4n) is 6.13. The maximum absolute atomic E-state index is 13.9. The van der Waals surface area contributed by atoms with Crippen LogP contribution in [0, 0.1) is 5.92 Å². The summed E-state index contributed by atoms with van der Waals surface area (Å²) in [6, 6.07) is 26.1. The molecule has 2 heterocycles. The Labute approximate surface area is 230 Å². The van der Waals surface area contributed by atoms with Crippen LogP contribution in [0.25, 0.3) is 5.57 Å². The van der Waals surface area contributed by atoms with Crippen LogP contribution in [0.15, 0.2) is 101 Å². The van der Waals surface area contributed by atoms with Crippen LogP contribution in [0.5, 0.6) is 0 Å². The van der Waals surface area contributed by atoms with Crippen molar-refractivity contribution >= 4 is 28.4 Å². The number of anilines is 1. The molecule has 3 aliphatic rings. The molecule has 0 saturated heterocycles. The van der Waals surface area contributed by atoms with Crippen molar-refractivity contribution < 1.29 is 14.6 Å². The van der Waals surface area contributed by atoms with Crippen LogP contribution < -0.4 is 4.90 Å². The third-order valence-electron chi connectivity index (χ3n) is 8.46. The lowest BCUT2D eigenvalue weighted by molar-refractivity contribution is -0.127. The van der Waals surface area contributed by atoms with Gasteiger partial charge < -0.3 is 14.7 Å². The van der Waals surface area contributed by atoms with Gasteiger partial charge in [-0.3, -0.25) is 4.79 Å². The average molecular weight is 519 g/mol. The standard InChI is InChI=1S/C34H34N2O3/c1-21(39-4)18-19-36-27-17-11-9-15-25(27)34(2,3)28(36)20-24-32(37)30(33(24)38)29-23-14-8-10-16-26(23)35-31(29)22-12-6-5-7-13-22/h5-17,20-21,24,32,37H,18-19H2,1-4H3. The van der Waals surface area contributed by atoms with Gasteiger partial charge in [-0.25, -0.2) is 4.99 Å². The van der Waals surface area contributed by atoms with Gasteiger partial charge >= 0.3 is 0 Å². The number of Topliss-reactive ketones (excluding diaryl/α,β-unsaturated/α-hetero) is 1. The summed E-state index contributed by atoms with van der Waals surface area (Å²) in [5.41, 5.74) is 7.74. The zero-order valence-electron chi connectivity index (χ0n) is 22.9. The molecule has 3 atom stereocenters. The van der Waals surface area contributed by atoms with Gasteiger partial charge in [0.05, 0.1) is 29.5 Å². The lowest BCUT2D eigenvalue weighted by atomic mass is 9.69. The molecular weight excluding hydrogens is 484 g/mol. The van der Waals surface area contributed by atoms with E-state index in [-0.39, 0.29) is 17.3 Å². The molecule has 1 aliphatic carbocycles. The molecule has 5 nitrogen and oxygen atoms in total. The van der Waals surface area contributed by atoms with Crippen molar-refractivity contribution in [3.63, 3.8) is 0 Å². The number of aliphatic hydroxyl groups is 1. The first kappa shape index (κ1) is 25.5. The highest BCUT2D eigenvalue weighted by molar-refractivity contribution is 6.40. The second kappa shape index (κ2) is 9.74. The molecule has 3 unspecified atom stereocenters. The molecule has 198 valence electrons. The normalized spacial score (nSPS) is 24.8. The Hall–Kier alpha value is -3.80. The summed E-state index contributed by atoms with van der Waals surface area (Å²) in [6.45, 7) is 7.23. The van der Waals surface area contributed by atoms with E-state index in [0.29, 0.717) is 5.57 Å². The Morgan fingerprint density at radius 3 is 2.46 bits per heavy atom. The highest BCUT2D eigenvalue weighted by Crippen LogP contribution is 2.50. The number of hydrogen-bond donors (Lipinski definition) is 1. The highest BCUT2D eigenvalue weighted by Gasteiger charge is 2.49. The van der Waals surface area contributed by atoms with E-state index in [0.717, 1.165) is 52.4 Å². The van der Waals surface area contributed by atoms with Crippen LogP contribution in [-0.2, 0) is 14.9 Å². The van der Waals surface area contributed by atoms with Crippen LogP contribution in [0.1, 0.15) is 43.9 Å². The van der Waals surface area contributed by atoms with Gasteiger partial charge in [0.1, 0.15) is 0 Å². The first-order chi connectivity index (χ1) is 18.8. The number of carbonyl (C=O) groups is 1. The number of para-hydroxylation sites is 2. The summed E-state index contributed by atoms with van der Waals surface area (Å²) in [4.78, 5) is 21.1. The number of allylic oxidation sites excluding steroid dienone is 2. The number of benzene rings is 3. The van der Waals surface area contributed by atoms with E-state index in [4.69, 9.17) is 9.73 Å². The Kier molecular flexibility index (Phi) is 6.37. The summed E-state index contributed by atoms with van der Waals surface area (Å²) < 4.78 is 5.52. The first-order valence-corrected chi connectivity index (χ1v) is 13.7. The number of fused-ring (bicyclic) bond motifs is 2. The van der Waals surface area contributed by atoms with E-state index in [1.165, 1.54) is 5.56 Å². The van der Waals surface area contributed by atoms with Crippen molar-refractivity contribution in [2.75, 3.05) is 18.6 Å². The van der Waals surface area contributed by atoms with E-state index >= 15 is 0 Å². The SMILES string of the molecule is COC(C)CCN1C(=CC2C(=O)C(=C3C(c4ccccc4)=Nc4ccccc43)C2O)C(C)(C)c2ccccc21. The first-order valence-electron chi connectivity index (χ1n) is 13.7. The highest BCUT2D eigenvalue weighted by atomic mass is 16.5. The van der Waals surface area contributed by atoms with E-state index in [1.54, 1.807) is 7.11 Å². The van der Waals surface area contributed by atoms with E-state index < -0.39 is 12.0 Å². The molecule has 0 bridgehead atoms. The molecule has 0 spiro atoms. The lowest BCUT2D eigenvalue weighted by Crippen LogP contribution is -2.46. The van der Waals surface area contributed by atoms with Crippen LogP contribution in [-0.4, -0.2) is 42.5 Å². The Balaban J connectivity index is 1.40. The zero-order valence-corrected chi connectivity index (χ0v) is 22.9. The van der Waals surface area contributed by atoms with Gasteiger partial charge in [-0.05, 0) is 31.0 Å². The van der Waals surface area contributed by atoms with Crippen LogP contribution >= 0.6 is 0 Å². The number of carbonyl (C=O) groups excluding carboxylic acids is 1. The topological polar surface area (TPSA) is 62.1 Å². The quantitative estimate of drug-likeness (QED) is 0.393. The van der Waals surface area contributed by atoms with E-state index in [1.807, 2.05) is 60.7 Å². The minimum atomic E-state index is -0.903. The fourth-order valence-corrected chi connectivity index (χ4v) is 6.13. The number of ether oxygens (including phenoxy) is 1. The minimum Gasteiger partial charge on any atom is -0.387 e. The molecule has 1 N–H and O–H groups in total. The Bertz CT molecular complexity index is 1530. The molecule has 1 saturated carbocycles. The monoisotopic (exact) mass is 518 g/mol. The number of aliphatic hydroxyl groups excluding tert-OH is 1. The summed E-state index contributed by atoms with van der Waals surface area (Å²) >= 11 is 0. The van der Waals surface area contributed by atoms with Crippen LogP contribution in [0.2, 0.25) is 0 Å². The van der Waals surface area contributed by atoms with Crippen molar-refractivity contribution in [3.8, 4) is 0 Å². The molecule has 3 aromatic carbocycles. The molecule has 5 heteroatoms. The molecule has 2 aliphatic heterocycles. The van der Waals surface area contributed by atoms with Crippen LogP contribution in [0.3, 0.4) is 0 Å². The largest absolute Gasteiger partial charge is 0.387 e. The number of nitrogens with zero attached hydrogens (tertiary/aromatic N) is 2. The third-order valence-corrected chi connectivity index (χ3v) is 8.46. The van der Waals surface area contributed by atoms with Gasteiger partial charge in [-0.1, -0.05) is 86.7 Å². The minimum absolute atomic E-state index is 0.0395. The average Bonchev–Trinajstić information content (AvgIpc) is 3.43. The number of hydrogen-bond acceptors (Lipinski definition) is 5. The predicted octanol–water partition coefficient (Wildman–Crippen LogP) is 6.24. The fraction of sp³-hybridized carbons (Fsp3) is 0.294. The maximum atomic E-state index is 13.9. The van der Waals surface area contributed by atoms with Crippen molar-refractivity contribution in [2.45, 2.75) is 44.8 Å². The predicted molar refractivity (Wildman–Crippen MR) is 156 cm³/mol. The van der Waals surface area contributed by atoms with Crippen molar-refractivity contribution in [1.82, 2.24) is 0 Å². The third kappa shape index (κ3) is 4.08. The number of methoxy groups -OCH3 is 1. The Morgan fingerprint density at radius 2 is 1.72 bits per heavy atom. The summed E-state index contributed by atoms with van der Waals surface area (Å²) in [5.74, 6) is -0.648. The van der Waals surface area contributed by atoms with Gasteiger partial charge in [0, 0.05) is 52.7 Å². The van der Waals surface area contributed by atoms with E-state index in [9.17, 15) is 9.90 Å². The number of rotatable bonds is 6. The molecular formula is C34H34N2O3. The molecule has 1 fully saturated rings. The van der Waals surface area contributed by atoms with E-state index in [2.05, 4.69) is 49.9 Å². The van der Waals surface area contributed by atoms with Gasteiger partial charge in [0.25, 0.3) is 0 Å². The molecule has 0 amide bonds. The van der Waals surface area contributed by atoms with Gasteiger partial charge in [0.15, 0.2) is 5.78 Å². The van der Waals surface area contributed by atoms with Gasteiger partial charge in [0.2, 0.25) is 0 Å². The summed E-state index contributed by atoms with van der Waals surface area (Å²) in [5, 5.41) is 11.6. The van der Waals surface area contributed by atoms with Crippen LogP contribution in [0.4, 0.5) is 11.4 Å². The zero-order chi connectivity index (χ0) is 27.3. The second-order valence-electron chi connectivity index (χ2n) is 11.1.